The normalized spacial score (nSPS) is 17.0. The van der Waals surface area contributed by atoms with Gasteiger partial charge in [0.1, 0.15) is 12.6 Å². The lowest BCUT2D eigenvalue weighted by Crippen LogP contribution is -2.44. The Labute approximate surface area is 223 Å². The molecule has 0 spiro atoms. The number of rotatable bonds is 9. The maximum atomic E-state index is 12.7. The molecule has 1 fully saturated rings. The summed E-state index contributed by atoms with van der Waals surface area (Å²) in [6.07, 6.45) is 16.3. The summed E-state index contributed by atoms with van der Waals surface area (Å²) in [5.41, 5.74) is 6.76. The molecule has 8 heteroatoms. The molecule has 196 valence electrons. The molecule has 1 amide bonds. The van der Waals surface area contributed by atoms with E-state index in [0.717, 1.165) is 56.6 Å². The fraction of sp³-hybridized carbons (Fsp3) is 0.367. The lowest BCUT2D eigenvalue weighted by molar-refractivity contribution is 0.0948. The van der Waals surface area contributed by atoms with Crippen LogP contribution in [0.15, 0.2) is 76.4 Å². The van der Waals surface area contributed by atoms with Crippen LogP contribution in [0, 0.1) is 13.8 Å². The molecular formula is C30H34N6O2. The van der Waals surface area contributed by atoms with Crippen LogP contribution in [0.1, 0.15) is 64.4 Å². The molecule has 1 aliphatic carbocycles. The minimum Gasteiger partial charge on any atom is -0.449 e. The summed E-state index contributed by atoms with van der Waals surface area (Å²) in [5, 5.41) is 3.01. The largest absolute Gasteiger partial charge is 0.449 e. The van der Waals surface area contributed by atoms with E-state index < -0.39 is 0 Å². The van der Waals surface area contributed by atoms with Crippen molar-refractivity contribution in [2.75, 3.05) is 6.54 Å². The molecule has 1 aliphatic heterocycles. The van der Waals surface area contributed by atoms with Crippen molar-refractivity contribution < 1.29 is 9.21 Å². The number of hydrogen-bond acceptors (Lipinski definition) is 7. The second-order valence-corrected chi connectivity index (χ2v) is 9.84. The second kappa shape index (κ2) is 12.1. The van der Waals surface area contributed by atoms with Gasteiger partial charge < -0.3 is 9.73 Å². The molecule has 38 heavy (non-hydrogen) atoms. The van der Waals surface area contributed by atoms with Crippen LogP contribution in [-0.4, -0.2) is 44.1 Å². The van der Waals surface area contributed by atoms with Gasteiger partial charge in [-0.25, -0.2) is 15.0 Å². The molecule has 1 atom stereocenters. The molecule has 2 aromatic heterocycles. The Morgan fingerprint density at radius 3 is 2.66 bits per heavy atom. The Morgan fingerprint density at radius 2 is 1.89 bits per heavy atom. The van der Waals surface area contributed by atoms with Crippen LogP contribution in [-0.2, 0) is 19.5 Å². The SMILES string of the molecule is Cc1ncnc(C)c1C(=O)NCc1ccc(CN(CCc2ncco2)C2CCCC3=CCC=CN=C32)cc1. The topological polar surface area (TPSA) is 96.5 Å². The highest BCUT2D eigenvalue weighted by Gasteiger charge is 2.30. The molecule has 0 saturated heterocycles. The minimum absolute atomic E-state index is 0.151. The van der Waals surface area contributed by atoms with Gasteiger partial charge in [0.05, 0.1) is 34.9 Å². The Hall–Kier alpha value is -3.91. The maximum Gasteiger partial charge on any atom is 0.255 e. The van der Waals surface area contributed by atoms with Crippen LogP contribution >= 0.6 is 0 Å². The van der Waals surface area contributed by atoms with Gasteiger partial charge >= 0.3 is 0 Å². The van der Waals surface area contributed by atoms with Crippen molar-refractivity contribution in [3.05, 3.63) is 101 Å². The number of aryl methyl sites for hydroxylation is 2. The number of oxazole rings is 1. The van der Waals surface area contributed by atoms with Gasteiger partial charge in [-0.15, -0.1) is 0 Å². The number of nitrogens with one attached hydrogen (secondary N) is 1. The van der Waals surface area contributed by atoms with E-state index in [9.17, 15) is 4.79 Å². The van der Waals surface area contributed by atoms with E-state index in [1.807, 2.05) is 20.0 Å². The van der Waals surface area contributed by atoms with Crippen molar-refractivity contribution in [2.24, 2.45) is 4.99 Å². The van der Waals surface area contributed by atoms with E-state index in [4.69, 9.17) is 9.41 Å². The molecular weight excluding hydrogens is 476 g/mol. The van der Waals surface area contributed by atoms with Gasteiger partial charge in [-0.1, -0.05) is 36.4 Å². The predicted octanol–water partition coefficient (Wildman–Crippen LogP) is 4.89. The highest BCUT2D eigenvalue weighted by Crippen LogP contribution is 2.28. The van der Waals surface area contributed by atoms with E-state index in [0.29, 0.717) is 23.5 Å². The summed E-state index contributed by atoms with van der Waals surface area (Å²) in [4.78, 5) is 32.7. The zero-order valence-electron chi connectivity index (χ0n) is 22.1. The first kappa shape index (κ1) is 25.7. The van der Waals surface area contributed by atoms with Crippen molar-refractivity contribution in [2.45, 2.75) is 65.1 Å². The average molecular weight is 511 g/mol. The Morgan fingerprint density at radius 1 is 1.11 bits per heavy atom. The number of fused-ring (bicyclic) bond motifs is 1. The van der Waals surface area contributed by atoms with Crippen LogP contribution in [0.2, 0.25) is 0 Å². The van der Waals surface area contributed by atoms with Crippen LogP contribution in [0.25, 0.3) is 0 Å². The van der Waals surface area contributed by atoms with Crippen LogP contribution in [0.5, 0.6) is 0 Å². The lowest BCUT2D eigenvalue weighted by Gasteiger charge is -2.36. The minimum atomic E-state index is -0.151. The monoisotopic (exact) mass is 510 g/mol. The van der Waals surface area contributed by atoms with E-state index in [2.05, 4.69) is 61.6 Å². The molecule has 2 aliphatic rings. The molecule has 1 saturated carbocycles. The number of benzene rings is 1. The number of aromatic nitrogens is 3. The van der Waals surface area contributed by atoms with Crippen molar-refractivity contribution in [1.29, 1.82) is 0 Å². The third-order valence-corrected chi connectivity index (χ3v) is 7.24. The van der Waals surface area contributed by atoms with Gasteiger partial charge in [-0.05, 0) is 56.2 Å². The summed E-state index contributed by atoms with van der Waals surface area (Å²) in [6.45, 7) is 5.73. The first-order valence-corrected chi connectivity index (χ1v) is 13.3. The predicted molar refractivity (Wildman–Crippen MR) is 147 cm³/mol. The van der Waals surface area contributed by atoms with Gasteiger partial charge in [-0.2, -0.15) is 0 Å². The van der Waals surface area contributed by atoms with E-state index >= 15 is 0 Å². The van der Waals surface area contributed by atoms with Gasteiger partial charge in [0.2, 0.25) is 0 Å². The Bertz CT molecular complexity index is 1320. The van der Waals surface area contributed by atoms with E-state index in [-0.39, 0.29) is 11.9 Å². The third kappa shape index (κ3) is 6.14. The highest BCUT2D eigenvalue weighted by atomic mass is 16.3. The van der Waals surface area contributed by atoms with Gasteiger partial charge in [-0.3, -0.25) is 14.7 Å². The number of nitrogens with zero attached hydrogens (tertiary/aromatic N) is 5. The lowest BCUT2D eigenvalue weighted by atomic mass is 9.86. The van der Waals surface area contributed by atoms with Crippen LogP contribution in [0.4, 0.5) is 0 Å². The molecule has 0 radical (unpaired) electrons. The quantitative estimate of drug-likeness (QED) is 0.440. The van der Waals surface area contributed by atoms with Crippen molar-refractivity contribution in [3.63, 3.8) is 0 Å². The van der Waals surface area contributed by atoms with Gasteiger partial charge in [0.25, 0.3) is 5.91 Å². The molecule has 3 aromatic rings. The molecule has 1 unspecified atom stereocenters. The molecule has 8 nitrogen and oxygen atoms in total. The van der Waals surface area contributed by atoms with E-state index in [1.54, 1.807) is 12.5 Å². The maximum absolute atomic E-state index is 12.7. The third-order valence-electron chi connectivity index (χ3n) is 7.24. The number of aliphatic imine (C=N–C) groups is 1. The smallest absolute Gasteiger partial charge is 0.255 e. The molecule has 1 N–H and O–H groups in total. The van der Waals surface area contributed by atoms with Crippen molar-refractivity contribution in [3.8, 4) is 0 Å². The van der Waals surface area contributed by atoms with E-state index in [1.165, 1.54) is 23.2 Å². The zero-order chi connectivity index (χ0) is 26.3. The van der Waals surface area contributed by atoms with Gasteiger partial charge in [0.15, 0.2) is 5.89 Å². The number of amides is 1. The molecule has 5 rings (SSSR count). The summed E-state index contributed by atoms with van der Waals surface area (Å²) in [7, 11) is 0. The fourth-order valence-corrected chi connectivity index (χ4v) is 5.25. The first-order valence-electron chi connectivity index (χ1n) is 13.3. The number of allylic oxidation sites excluding steroid dienone is 2. The molecule has 1 aromatic carbocycles. The number of carbonyl (C=O) groups excluding carboxylic acids is 1. The Balaban J connectivity index is 1.28. The van der Waals surface area contributed by atoms with Crippen molar-refractivity contribution in [1.82, 2.24) is 25.2 Å². The molecule has 0 bridgehead atoms. The number of hydrogen-bond donors (Lipinski definition) is 1. The van der Waals surface area contributed by atoms with Gasteiger partial charge in [0, 0.05) is 32.3 Å². The summed E-state index contributed by atoms with van der Waals surface area (Å²) in [6, 6.07) is 8.72. The Kier molecular flexibility index (Phi) is 8.19. The zero-order valence-corrected chi connectivity index (χ0v) is 22.1. The number of carbonyl (C=O) groups is 1. The summed E-state index contributed by atoms with van der Waals surface area (Å²) < 4.78 is 5.52. The van der Waals surface area contributed by atoms with Crippen LogP contribution < -0.4 is 5.32 Å². The fourth-order valence-electron chi connectivity index (χ4n) is 5.25. The van der Waals surface area contributed by atoms with Crippen molar-refractivity contribution >= 4 is 11.6 Å². The summed E-state index contributed by atoms with van der Waals surface area (Å²) in [5.74, 6) is 0.603. The summed E-state index contributed by atoms with van der Waals surface area (Å²) >= 11 is 0. The average Bonchev–Trinajstić information content (AvgIpc) is 3.33. The highest BCUT2D eigenvalue weighted by molar-refractivity contribution is 6.05. The standard InChI is InChI=1S/C30H34N6O2/c1-21-28(22(2)35-20-34-21)30(37)33-18-23-9-11-24(12-10-23)19-36(16-13-27-31-15-17-38-27)26-8-5-7-25-6-3-4-14-32-29(25)26/h4,6,9-12,14-15,17,20,26H,3,5,7-8,13,16,18-19H2,1-2H3,(H,33,37). The molecule has 3 heterocycles. The van der Waals surface area contributed by atoms with Crippen LogP contribution in [0.3, 0.4) is 0 Å². The first-order chi connectivity index (χ1) is 18.6. The second-order valence-electron chi connectivity index (χ2n) is 9.84.